The van der Waals surface area contributed by atoms with Gasteiger partial charge < -0.3 is 14.8 Å². The second-order valence-electron chi connectivity index (χ2n) is 4.18. The van der Waals surface area contributed by atoms with E-state index in [-0.39, 0.29) is 0 Å². The molecule has 2 aromatic rings. The van der Waals surface area contributed by atoms with Gasteiger partial charge in [0.15, 0.2) is 11.6 Å². The summed E-state index contributed by atoms with van der Waals surface area (Å²) in [5.41, 5.74) is 0.788. The molecule has 6 heteroatoms. The van der Waals surface area contributed by atoms with Gasteiger partial charge in [0.05, 0.1) is 12.8 Å². The molecule has 0 bridgehead atoms. The summed E-state index contributed by atoms with van der Waals surface area (Å²) in [6, 6.07) is 3.65. The second kappa shape index (κ2) is 6.70. The molecule has 20 heavy (non-hydrogen) atoms. The minimum atomic E-state index is 0.372. The zero-order valence-corrected chi connectivity index (χ0v) is 11.9. The number of aromatic nitrogens is 3. The summed E-state index contributed by atoms with van der Waals surface area (Å²) in [6.45, 7) is 4.76. The molecule has 0 aliphatic rings. The summed E-state index contributed by atoms with van der Waals surface area (Å²) in [4.78, 5) is 12.5. The Balaban J connectivity index is 2.29. The third kappa shape index (κ3) is 3.14. The Labute approximate surface area is 118 Å². The van der Waals surface area contributed by atoms with Gasteiger partial charge in [0.25, 0.3) is 5.88 Å². The molecule has 6 nitrogen and oxygen atoms in total. The monoisotopic (exact) mass is 274 g/mol. The quantitative estimate of drug-likeness (QED) is 0.873. The van der Waals surface area contributed by atoms with Crippen molar-refractivity contribution >= 4 is 5.82 Å². The molecule has 0 unspecified atom stereocenters. The molecule has 2 aromatic heterocycles. The number of rotatable bonds is 6. The Hall–Kier alpha value is -2.37. The minimum Gasteiger partial charge on any atom is -0.489 e. The van der Waals surface area contributed by atoms with E-state index in [0.717, 1.165) is 18.7 Å². The van der Waals surface area contributed by atoms with Crippen LogP contribution in [0.4, 0.5) is 5.82 Å². The van der Waals surface area contributed by atoms with Gasteiger partial charge in [-0.1, -0.05) is 6.92 Å². The fourth-order valence-corrected chi connectivity index (χ4v) is 1.67. The zero-order chi connectivity index (χ0) is 14.4. The third-order valence-corrected chi connectivity index (χ3v) is 2.68. The van der Waals surface area contributed by atoms with Gasteiger partial charge in [0.1, 0.15) is 6.33 Å². The molecule has 0 atom stereocenters. The third-order valence-electron chi connectivity index (χ3n) is 2.68. The summed E-state index contributed by atoms with van der Waals surface area (Å²) in [5.74, 6) is 2.13. The van der Waals surface area contributed by atoms with Gasteiger partial charge in [-0.25, -0.2) is 4.98 Å². The van der Waals surface area contributed by atoms with Crippen LogP contribution in [0.2, 0.25) is 0 Å². The Bertz CT molecular complexity index is 575. The molecule has 2 rings (SSSR count). The van der Waals surface area contributed by atoms with Crippen LogP contribution in [0.15, 0.2) is 24.7 Å². The molecule has 0 aliphatic carbocycles. The van der Waals surface area contributed by atoms with E-state index in [1.165, 1.54) is 6.33 Å². The number of aryl methyl sites for hydroxylation is 1. The summed E-state index contributed by atoms with van der Waals surface area (Å²) in [6.07, 6.45) is 4.15. The smallest absolute Gasteiger partial charge is 0.268 e. The maximum atomic E-state index is 5.77. The molecule has 0 saturated heterocycles. The van der Waals surface area contributed by atoms with Crippen molar-refractivity contribution in [2.45, 2.75) is 20.3 Å². The maximum Gasteiger partial charge on any atom is 0.268 e. The van der Waals surface area contributed by atoms with Crippen LogP contribution >= 0.6 is 0 Å². The predicted octanol–water partition coefficient (Wildman–Crippen LogP) is 2.80. The normalized spacial score (nSPS) is 10.2. The molecule has 0 saturated carbocycles. The largest absolute Gasteiger partial charge is 0.489 e. The summed E-state index contributed by atoms with van der Waals surface area (Å²) in [5, 5.41) is 3.18. The van der Waals surface area contributed by atoms with E-state index in [9.17, 15) is 0 Å². The van der Waals surface area contributed by atoms with Gasteiger partial charge >= 0.3 is 0 Å². The molecule has 0 fully saturated rings. The average Bonchev–Trinajstić information content (AvgIpc) is 2.47. The van der Waals surface area contributed by atoms with E-state index >= 15 is 0 Å². The Kier molecular flexibility index (Phi) is 4.70. The SMILES string of the molecule is CCCNc1ncnc(Oc2cccnc2C)c1OC. The van der Waals surface area contributed by atoms with Crippen LogP contribution in [0, 0.1) is 6.92 Å². The molecule has 2 heterocycles. The highest BCUT2D eigenvalue weighted by atomic mass is 16.5. The predicted molar refractivity (Wildman–Crippen MR) is 76.4 cm³/mol. The molecule has 0 aliphatic heterocycles. The number of anilines is 1. The second-order valence-corrected chi connectivity index (χ2v) is 4.18. The van der Waals surface area contributed by atoms with Crippen LogP contribution in [-0.4, -0.2) is 28.6 Å². The summed E-state index contributed by atoms with van der Waals surface area (Å²) < 4.78 is 11.1. The van der Waals surface area contributed by atoms with E-state index in [1.54, 1.807) is 13.3 Å². The van der Waals surface area contributed by atoms with Crippen LogP contribution in [0.3, 0.4) is 0 Å². The molecule has 0 aromatic carbocycles. The molecule has 0 amide bonds. The van der Waals surface area contributed by atoms with E-state index in [1.807, 2.05) is 19.1 Å². The van der Waals surface area contributed by atoms with Gasteiger partial charge in [-0.3, -0.25) is 4.98 Å². The van der Waals surface area contributed by atoms with Crippen molar-refractivity contribution in [1.82, 2.24) is 15.0 Å². The van der Waals surface area contributed by atoms with Crippen LogP contribution in [0.1, 0.15) is 19.0 Å². The number of nitrogens with one attached hydrogen (secondary N) is 1. The first-order chi connectivity index (χ1) is 9.76. The van der Waals surface area contributed by atoms with Gasteiger partial charge in [-0.2, -0.15) is 4.98 Å². The van der Waals surface area contributed by atoms with E-state index in [2.05, 4.69) is 27.2 Å². The number of methoxy groups -OCH3 is 1. The number of ether oxygens (including phenoxy) is 2. The van der Waals surface area contributed by atoms with Crippen LogP contribution in [0.5, 0.6) is 17.4 Å². The first-order valence-electron chi connectivity index (χ1n) is 6.48. The van der Waals surface area contributed by atoms with Crippen molar-refractivity contribution < 1.29 is 9.47 Å². The first-order valence-corrected chi connectivity index (χ1v) is 6.48. The van der Waals surface area contributed by atoms with Gasteiger partial charge in [0.2, 0.25) is 5.75 Å². The van der Waals surface area contributed by atoms with Crippen molar-refractivity contribution in [2.24, 2.45) is 0 Å². The van der Waals surface area contributed by atoms with Crippen molar-refractivity contribution in [3.63, 3.8) is 0 Å². The topological polar surface area (TPSA) is 69.2 Å². The highest BCUT2D eigenvalue weighted by Crippen LogP contribution is 2.34. The minimum absolute atomic E-state index is 0.372. The summed E-state index contributed by atoms with van der Waals surface area (Å²) in [7, 11) is 1.57. The fourth-order valence-electron chi connectivity index (χ4n) is 1.67. The van der Waals surface area contributed by atoms with Gasteiger partial charge in [-0.05, 0) is 25.5 Å². The van der Waals surface area contributed by atoms with Crippen LogP contribution < -0.4 is 14.8 Å². The number of pyridine rings is 1. The standard InChI is InChI=1S/C14H18N4O2/c1-4-7-16-13-12(19-3)14(18-9-17-13)20-11-6-5-8-15-10(11)2/h5-6,8-9H,4,7H2,1-3H3,(H,16,17,18). The van der Waals surface area contributed by atoms with Crippen molar-refractivity contribution in [1.29, 1.82) is 0 Å². The van der Waals surface area contributed by atoms with Gasteiger partial charge in [-0.15, -0.1) is 0 Å². The van der Waals surface area contributed by atoms with Crippen molar-refractivity contribution in [3.8, 4) is 17.4 Å². The van der Waals surface area contributed by atoms with Crippen molar-refractivity contribution in [2.75, 3.05) is 19.0 Å². The Morgan fingerprint density at radius 2 is 2.10 bits per heavy atom. The van der Waals surface area contributed by atoms with E-state index in [4.69, 9.17) is 9.47 Å². The molecular weight excluding hydrogens is 256 g/mol. The highest BCUT2D eigenvalue weighted by molar-refractivity contribution is 5.56. The van der Waals surface area contributed by atoms with E-state index in [0.29, 0.717) is 23.2 Å². The van der Waals surface area contributed by atoms with Crippen LogP contribution in [-0.2, 0) is 0 Å². The molecular formula is C14H18N4O2. The highest BCUT2D eigenvalue weighted by Gasteiger charge is 2.14. The average molecular weight is 274 g/mol. The summed E-state index contributed by atoms with van der Waals surface area (Å²) >= 11 is 0. The lowest BCUT2D eigenvalue weighted by Crippen LogP contribution is -2.06. The molecule has 1 N–H and O–H groups in total. The van der Waals surface area contributed by atoms with Gasteiger partial charge in [0, 0.05) is 12.7 Å². The number of hydrogen-bond donors (Lipinski definition) is 1. The zero-order valence-electron chi connectivity index (χ0n) is 11.9. The first kappa shape index (κ1) is 14.0. The van der Waals surface area contributed by atoms with Crippen molar-refractivity contribution in [3.05, 3.63) is 30.4 Å². The maximum absolute atomic E-state index is 5.77. The lowest BCUT2D eigenvalue weighted by atomic mass is 10.3. The van der Waals surface area contributed by atoms with Crippen LogP contribution in [0.25, 0.3) is 0 Å². The molecule has 0 radical (unpaired) electrons. The molecule has 0 spiro atoms. The van der Waals surface area contributed by atoms with E-state index < -0.39 is 0 Å². The Morgan fingerprint density at radius 3 is 2.80 bits per heavy atom. The fraction of sp³-hybridized carbons (Fsp3) is 0.357. The lowest BCUT2D eigenvalue weighted by molar-refractivity contribution is 0.367. The lowest BCUT2D eigenvalue weighted by Gasteiger charge is -2.13. The number of hydrogen-bond acceptors (Lipinski definition) is 6. The number of nitrogens with zero attached hydrogens (tertiary/aromatic N) is 3. The molecule has 106 valence electrons. The Morgan fingerprint density at radius 1 is 1.25 bits per heavy atom.